The van der Waals surface area contributed by atoms with E-state index in [1.165, 1.54) is 0 Å². The van der Waals surface area contributed by atoms with Gasteiger partial charge in [0.05, 0.1) is 12.1 Å². The van der Waals surface area contributed by atoms with Crippen molar-refractivity contribution in [3.05, 3.63) is 24.0 Å². The van der Waals surface area contributed by atoms with E-state index in [0.29, 0.717) is 25.2 Å². The molecule has 1 aliphatic heterocycles. The van der Waals surface area contributed by atoms with Crippen LogP contribution in [-0.4, -0.2) is 64.1 Å². The summed E-state index contributed by atoms with van der Waals surface area (Å²) in [5.74, 6) is -0.791. The normalized spacial score (nSPS) is 17.2. The van der Waals surface area contributed by atoms with Crippen molar-refractivity contribution >= 4 is 11.9 Å². The molecule has 0 unspecified atom stereocenters. The van der Waals surface area contributed by atoms with Crippen molar-refractivity contribution in [2.45, 2.75) is 6.42 Å². The summed E-state index contributed by atoms with van der Waals surface area (Å²) in [6, 6.07) is 1.81. The van der Waals surface area contributed by atoms with Crippen molar-refractivity contribution in [2.24, 2.45) is 7.05 Å². The number of carbonyl (C=O) groups is 2. The fourth-order valence-electron chi connectivity index (χ4n) is 2.34. The molecule has 1 amide bonds. The monoisotopic (exact) mass is 265 g/mol. The summed E-state index contributed by atoms with van der Waals surface area (Å²) in [6.45, 7) is 2.66. The lowest BCUT2D eigenvalue weighted by Crippen LogP contribution is -2.36. The number of aromatic nitrogens is 1. The van der Waals surface area contributed by atoms with Gasteiger partial charge >= 0.3 is 5.97 Å². The van der Waals surface area contributed by atoms with Gasteiger partial charge in [0.1, 0.15) is 0 Å². The summed E-state index contributed by atoms with van der Waals surface area (Å²) in [5.41, 5.74) is 0.689. The minimum Gasteiger partial charge on any atom is -0.480 e. The highest BCUT2D eigenvalue weighted by Gasteiger charge is 2.21. The molecule has 6 nitrogen and oxygen atoms in total. The number of hydrogen-bond acceptors (Lipinski definition) is 3. The summed E-state index contributed by atoms with van der Waals surface area (Å²) in [4.78, 5) is 26.6. The van der Waals surface area contributed by atoms with Gasteiger partial charge in [-0.3, -0.25) is 14.5 Å². The maximum absolute atomic E-state index is 12.3. The number of carboxylic acids is 1. The van der Waals surface area contributed by atoms with Crippen molar-refractivity contribution < 1.29 is 14.7 Å². The predicted molar refractivity (Wildman–Crippen MR) is 70.0 cm³/mol. The van der Waals surface area contributed by atoms with Gasteiger partial charge < -0.3 is 14.6 Å². The molecule has 104 valence electrons. The van der Waals surface area contributed by atoms with Gasteiger partial charge in [-0.05, 0) is 12.5 Å². The lowest BCUT2D eigenvalue weighted by Gasteiger charge is -2.20. The maximum Gasteiger partial charge on any atom is 0.317 e. The molecule has 1 aromatic rings. The third-order valence-corrected chi connectivity index (χ3v) is 3.31. The fourth-order valence-corrected chi connectivity index (χ4v) is 2.34. The van der Waals surface area contributed by atoms with Crippen LogP contribution in [0.1, 0.15) is 16.8 Å². The number of aryl methyl sites for hydroxylation is 1. The molecule has 0 spiro atoms. The van der Waals surface area contributed by atoms with Crippen LogP contribution in [0, 0.1) is 0 Å². The Balaban J connectivity index is 1.95. The van der Waals surface area contributed by atoms with Crippen molar-refractivity contribution in [2.75, 3.05) is 32.7 Å². The van der Waals surface area contributed by atoms with Crippen LogP contribution in [-0.2, 0) is 11.8 Å². The van der Waals surface area contributed by atoms with Gasteiger partial charge in [0.15, 0.2) is 0 Å². The number of aliphatic carboxylic acids is 1. The molecule has 1 saturated heterocycles. The molecule has 0 aromatic carbocycles. The van der Waals surface area contributed by atoms with Crippen molar-refractivity contribution in [1.82, 2.24) is 14.4 Å². The first kappa shape index (κ1) is 13.6. The zero-order valence-corrected chi connectivity index (χ0v) is 11.1. The topological polar surface area (TPSA) is 65.8 Å². The average molecular weight is 265 g/mol. The van der Waals surface area contributed by atoms with E-state index in [0.717, 1.165) is 13.0 Å². The predicted octanol–water partition coefficient (Wildman–Crippen LogP) is 0.258. The molecule has 6 heteroatoms. The highest BCUT2D eigenvalue weighted by atomic mass is 16.4. The van der Waals surface area contributed by atoms with Crippen LogP contribution < -0.4 is 0 Å². The second-order valence-corrected chi connectivity index (χ2v) is 4.88. The van der Waals surface area contributed by atoms with Crippen LogP contribution in [0.3, 0.4) is 0 Å². The van der Waals surface area contributed by atoms with Gasteiger partial charge in [-0.15, -0.1) is 0 Å². The van der Waals surface area contributed by atoms with E-state index in [2.05, 4.69) is 0 Å². The van der Waals surface area contributed by atoms with E-state index < -0.39 is 5.97 Å². The van der Waals surface area contributed by atoms with Crippen LogP contribution in [0.5, 0.6) is 0 Å². The highest BCUT2D eigenvalue weighted by molar-refractivity contribution is 5.94. The molecule has 0 radical (unpaired) electrons. The van der Waals surface area contributed by atoms with Crippen LogP contribution in [0.2, 0.25) is 0 Å². The second kappa shape index (κ2) is 5.88. The quantitative estimate of drug-likeness (QED) is 0.851. The molecule has 0 bridgehead atoms. The van der Waals surface area contributed by atoms with Gasteiger partial charge in [0, 0.05) is 45.6 Å². The molecule has 19 heavy (non-hydrogen) atoms. The molecular weight excluding hydrogens is 246 g/mol. The van der Waals surface area contributed by atoms with Crippen molar-refractivity contribution in [3.63, 3.8) is 0 Å². The Morgan fingerprint density at radius 1 is 1.26 bits per heavy atom. The standard InChI is InChI=1S/C13H19N3O3/c1-14-6-3-11(9-14)13(19)16-5-2-4-15(7-8-16)10-12(17)18/h3,6,9H,2,4-5,7-8,10H2,1H3,(H,17,18). The van der Waals surface area contributed by atoms with Gasteiger partial charge in [0.25, 0.3) is 5.91 Å². The number of carboxylic acid groups (broad SMARTS) is 1. The highest BCUT2D eigenvalue weighted by Crippen LogP contribution is 2.09. The molecule has 2 heterocycles. The summed E-state index contributed by atoms with van der Waals surface area (Å²) in [6.07, 6.45) is 4.47. The van der Waals surface area contributed by atoms with Crippen LogP contribution in [0.15, 0.2) is 18.5 Å². The van der Waals surface area contributed by atoms with Gasteiger partial charge in [-0.1, -0.05) is 0 Å². The minimum absolute atomic E-state index is 0.0257. The minimum atomic E-state index is -0.817. The van der Waals surface area contributed by atoms with Crippen molar-refractivity contribution in [3.8, 4) is 0 Å². The molecule has 0 atom stereocenters. The molecule has 1 N–H and O–H groups in total. The number of hydrogen-bond donors (Lipinski definition) is 1. The first-order chi connectivity index (χ1) is 9.06. The SMILES string of the molecule is Cn1ccc(C(=O)N2CCCN(CC(=O)O)CC2)c1. The van der Waals surface area contributed by atoms with E-state index in [-0.39, 0.29) is 12.5 Å². The Kier molecular flexibility index (Phi) is 4.21. The molecule has 0 saturated carbocycles. The number of amides is 1. The zero-order chi connectivity index (χ0) is 13.8. The number of nitrogens with zero attached hydrogens (tertiary/aromatic N) is 3. The summed E-state index contributed by atoms with van der Waals surface area (Å²) in [7, 11) is 1.88. The maximum atomic E-state index is 12.3. The van der Waals surface area contributed by atoms with E-state index in [1.54, 1.807) is 4.90 Å². The van der Waals surface area contributed by atoms with E-state index in [9.17, 15) is 9.59 Å². The zero-order valence-electron chi connectivity index (χ0n) is 11.1. The van der Waals surface area contributed by atoms with E-state index >= 15 is 0 Å². The van der Waals surface area contributed by atoms with Gasteiger partial charge in [-0.2, -0.15) is 0 Å². The molecular formula is C13H19N3O3. The molecule has 1 fully saturated rings. The molecule has 1 aliphatic rings. The smallest absolute Gasteiger partial charge is 0.317 e. The summed E-state index contributed by atoms with van der Waals surface area (Å²) >= 11 is 0. The van der Waals surface area contributed by atoms with E-state index in [1.807, 2.05) is 35.0 Å². The van der Waals surface area contributed by atoms with E-state index in [4.69, 9.17) is 5.11 Å². The summed E-state index contributed by atoms with van der Waals surface area (Å²) in [5, 5.41) is 8.79. The lowest BCUT2D eigenvalue weighted by molar-refractivity contribution is -0.138. The Bertz CT molecular complexity index is 469. The van der Waals surface area contributed by atoms with Gasteiger partial charge in [0.2, 0.25) is 0 Å². The van der Waals surface area contributed by atoms with Crippen LogP contribution in [0.25, 0.3) is 0 Å². The molecule has 0 aliphatic carbocycles. The van der Waals surface area contributed by atoms with Crippen LogP contribution >= 0.6 is 0 Å². The largest absolute Gasteiger partial charge is 0.480 e. The van der Waals surface area contributed by atoms with Gasteiger partial charge in [-0.25, -0.2) is 0 Å². The Morgan fingerprint density at radius 3 is 2.68 bits per heavy atom. The fraction of sp³-hybridized carbons (Fsp3) is 0.538. The first-order valence-electron chi connectivity index (χ1n) is 6.41. The first-order valence-corrected chi connectivity index (χ1v) is 6.41. The Morgan fingerprint density at radius 2 is 2.05 bits per heavy atom. The average Bonchev–Trinajstić information content (AvgIpc) is 2.65. The van der Waals surface area contributed by atoms with Crippen molar-refractivity contribution in [1.29, 1.82) is 0 Å². The molecule has 1 aromatic heterocycles. The Labute approximate surface area is 112 Å². The molecule has 2 rings (SSSR count). The lowest BCUT2D eigenvalue weighted by atomic mass is 10.3. The van der Waals surface area contributed by atoms with Crippen LogP contribution in [0.4, 0.5) is 0 Å². The third-order valence-electron chi connectivity index (χ3n) is 3.31. The summed E-state index contributed by atoms with van der Waals surface area (Å²) < 4.78 is 1.85. The second-order valence-electron chi connectivity index (χ2n) is 4.88. The number of rotatable bonds is 3. The third kappa shape index (κ3) is 3.57. The number of carbonyl (C=O) groups excluding carboxylic acids is 1. The Hall–Kier alpha value is -1.82.